The molecule has 1 N–H and O–H groups in total. The molecule has 11 heteroatoms. The molecule has 1 aliphatic heterocycles. The van der Waals surface area contributed by atoms with Crippen molar-refractivity contribution < 1.29 is 28.1 Å². The number of imidazole rings is 1. The van der Waals surface area contributed by atoms with E-state index in [4.69, 9.17) is 18.9 Å². The van der Waals surface area contributed by atoms with E-state index in [0.29, 0.717) is 22.7 Å². The van der Waals surface area contributed by atoms with Crippen LogP contribution in [-0.4, -0.2) is 52.4 Å². The predicted octanol–water partition coefficient (Wildman–Crippen LogP) is 6.78. The van der Waals surface area contributed by atoms with E-state index < -0.39 is 23.8 Å². The first kappa shape index (κ1) is 32.6. The van der Waals surface area contributed by atoms with E-state index in [1.807, 2.05) is 109 Å². The number of benzene rings is 4. The van der Waals surface area contributed by atoms with Crippen molar-refractivity contribution in [3.63, 3.8) is 0 Å². The summed E-state index contributed by atoms with van der Waals surface area (Å²) < 4.78 is 41.3. The average molecular weight is 672 g/mol. The Kier molecular flexibility index (Phi) is 9.32. The van der Waals surface area contributed by atoms with E-state index in [-0.39, 0.29) is 24.8 Å². The maximum absolute atomic E-state index is 15.7. The van der Waals surface area contributed by atoms with E-state index in [0.717, 1.165) is 22.3 Å². The van der Waals surface area contributed by atoms with Gasteiger partial charge in [-0.3, -0.25) is 9.36 Å². The first-order valence-corrected chi connectivity index (χ1v) is 16.0. The average Bonchev–Trinajstić information content (AvgIpc) is 3.76. The molecule has 10 nitrogen and oxygen atoms in total. The summed E-state index contributed by atoms with van der Waals surface area (Å²) in [5.74, 6) is 0.844. The van der Waals surface area contributed by atoms with E-state index in [2.05, 4.69) is 20.3 Å². The topological polar surface area (TPSA) is 110 Å². The highest BCUT2D eigenvalue weighted by Gasteiger charge is 2.40. The quantitative estimate of drug-likeness (QED) is 0.142. The van der Waals surface area contributed by atoms with Crippen LogP contribution in [0.25, 0.3) is 11.2 Å². The van der Waals surface area contributed by atoms with E-state index in [1.54, 1.807) is 14.2 Å². The van der Waals surface area contributed by atoms with Crippen LogP contribution in [0.5, 0.6) is 11.5 Å². The number of hydrogen-bond donors (Lipinski definition) is 1. The molecule has 0 spiro atoms. The molecule has 7 rings (SSSR count). The lowest BCUT2D eigenvalue weighted by Crippen LogP contribution is -2.35. The number of aromatic nitrogens is 4. The number of fused-ring (bicyclic) bond motifs is 1. The maximum atomic E-state index is 15.7. The highest BCUT2D eigenvalue weighted by molar-refractivity contribution is 5.97. The Labute approximate surface area is 288 Å². The largest absolute Gasteiger partial charge is 0.497 e. The molecular formula is C39H34FN5O5. The second-order valence-corrected chi connectivity index (χ2v) is 11.7. The van der Waals surface area contributed by atoms with Crippen LogP contribution in [0.15, 0.2) is 134 Å². The van der Waals surface area contributed by atoms with Crippen molar-refractivity contribution in [2.24, 2.45) is 0 Å². The van der Waals surface area contributed by atoms with Gasteiger partial charge in [0.15, 0.2) is 23.2 Å². The fraction of sp³-hybridized carbons (Fsp3) is 0.179. The number of rotatable bonds is 12. The Morgan fingerprint density at radius 3 is 2.04 bits per heavy atom. The SMILES string of the molecule is COc1ccc(C(OC[C@@H]2C=C(F)[C@H](n3cnc4c(NC(=O)Cc5ccccc5)ncnc43)O2)(c2ccccc2)c2ccc(OC)cc2)cc1. The van der Waals surface area contributed by atoms with Crippen LogP contribution in [0.1, 0.15) is 28.5 Å². The lowest BCUT2D eigenvalue weighted by molar-refractivity contribution is -0.115. The van der Waals surface area contributed by atoms with E-state index in [1.165, 1.54) is 23.3 Å². The van der Waals surface area contributed by atoms with Gasteiger partial charge in [0.05, 0.1) is 33.6 Å². The van der Waals surface area contributed by atoms with Gasteiger partial charge in [0.25, 0.3) is 0 Å². The highest BCUT2D eigenvalue weighted by atomic mass is 19.1. The van der Waals surface area contributed by atoms with Gasteiger partial charge >= 0.3 is 0 Å². The third kappa shape index (κ3) is 6.43. The van der Waals surface area contributed by atoms with Crippen molar-refractivity contribution in [3.8, 4) is 11.5 Å². The van der Waals surface area contributed by atoms with Crippen molar-refractivity contribution in [1.82, 2.24) is 19.5 Å². The second-order valence-electron chi connectivity index (χ2n) is 11.7. The number of nitrogens with zero attached hydrogens (tertiary/aromatic N) is 4. The summed E-state index contributed by atoms with van der Waals surface area (Å²) in [6, 6.07) is 34.6. The summed E-state index contributed by atoms with van der Waals surface area (Å²) in [5, 5.41) is 2.80. The van der Waals surface area contributed by atoms with Gasteiger partial charge in [-0.1, -0.05) is 84.9 Å². The molecule has 0 unspecified atom stereocenters. The molecule has 0 saturated heterocycles. The zero-order valence-electron chi connectivity index (χ0n) is 27.4. The number of amides is 1. The number of methoxy groups -OCH3 is 2. The fourth-order valence-electron chi connectivity index (χ4n) is 6.17. The minimum absolute atomic E-state index is 0.000714. The molecule has 2 aromatic heterocycles. The molecule has 0 aliphatic carbocycles. The Hall–Kier alpha value is -5.91. The minimum Gasteiger partial charge on any atom is -0.497 e. The molecule has 4 aromatic carbocycles. The molecule has 50 heavy (non-hydrogen) atoms. The van der Waals surface area contributed by atoms with E-state index in [9.17, 15) is 4.79 Å². The van der Waals surface area contributed by atoms with Crippen LogP contribution < -0.4 is 14.8 Å². The van der Waals surface area contributed by atoms with Gasteiger partial charge in [0.1, 0.15) is 35.4 Å². The fourth-order valence-corrected chi connectivity index (χ4v) is 6.17. The number of halogens is 1. The molecule has 3 heterocycles. The van der Waals surface area contributed by atoms with Gasteiger partial charge in [-0.05, 0) is 52.6 Å². The molecular weight excluding hydrogens is 637 g/mol. The molecule has 0 bridgehead atoms. The number of anilines is 1. The molecule has 0 saturated carbocycles. The number of carbonyl (C=O) groups excluding carboxylic acids is 1. The van der Waals surface area contributed by atoms with Crippen LogP contribution in [-0.2, 0) is 26.3 Å². The van der Waals surface area contributed by atoms with Gasteiger partial charge in [-0.2, -0.15) is 0 Å². The molecule has 1 amide bonds. The van der Waals surface area contributed by atoms with Crippen molar-refractivity contribution in [3.05, 3.63) is 156 Å². The summed E-state index contributed by atoms with van der Waals surface area (Å²) in [6.45, 7) is -0.000714. The summed E-state index contributed by atoms with van der Waals surface area (Å²) in [4.78, 5) is 25.8. The molecule has 6 aromatic rings. The summed E-state index contributed by atoms with van der Waals surface area (Å²) in [6.07, 6.45) is 2.38. The third-order valence-electron chi connectivity index (χ3n) is 8.60. The highest BCUT2D eigenvalue weighted by Crippen LogP contribution is 2.43. The summed E-state index contributed by atoms with van der Waals surface area (Å²) in [5.41, 5.74) is 2.92. The zero-order chi connectivity index (χ0) is 34.5. The minimum atomic E-state index is -1.15. The van der Waals surface area contributed by atoms with Gasteiger partial charge in [-0.15, -0.1) is 0 Å². The normalized spacial score (nSPS) is 15.9. The standard InChI is InChI=1S/C39H34FN5O5/c1-47-30-17-13-28(14-18-30)39(27-11-7-4-8-12-27,29-15-19-31(48-2)20-16-29)49-23-32-22-33(40)38(50-32)45-25-43-35-36(41-24-42-37(35)45)44-34(46)21-26-9-5-3-6-10-26/h3-20,22,24-25,32,38H,21,23H2,1-2H3,(H,41,42,44,46)/t32-,38+/m0/s1. The van der Waals surface area contributed by atoms with Gasteiger partial charge in [0, 0.05) is 0 Å². The van der Waals surface area contributed by atoms with Crippen molar-refractivity contribution in [2.75, 3.05) is 26.1 Å². The van der Waals surface area contributed by atoms with Gasteiger partial charge < -0.3 is 24.3 Å². The molecule has 0 fully saturated rings. The predicted molar refractivity (Wildman–Crippen MR) is 185 cm³/mol. The number of hydrogen-bond acceptors (Lipinski definition) is 8. The van der Waals surface area contributed by atoms with Crippen LogP contribution >= 0.6 is 0 Å². The smallest absolute Gasteiger partial charge is 0.230 e. The maximum Gasteiger partial charge on any atom is 0.230 e. The second kappa shape index (κ2) is 14.3. The first-order valence-electron chi connectivity index (χ1n) is 16.0. The van der Waals surface area contributed by atoms with Crippen LogP contribution in [0.4, 0.5) is 10.2 Å². The van der Waals surface area contributed by atoms with E-state index >= 15 is 4.39 Å². The number of nitrogens with one attached hydrogen (secondary N) is 1. The Morgan fingerprint density at radius 2 is 1.42 bits per heavy atom. The Bertz CT molecular complexity index is 2060. The van der Waals surface area contributed by atoms with Crippen molar-refractivity contribution in [1.29, 1.82) is 0 Å². The molecule has 1 aliphatic rings. The van der Waals surface area contributed by atoms with Crippen LogP contribution in [0, 0.1) is 0 Å². The number of ether oxygens (including phenoxy) is 4. The van der Waals surface area contributed by atoms with Crippen LogP contribution in [0.3, 0.4) is 0 Å². The monoisotopic (exact) mass is 671 g/mol. The van der Waals surface area contributed by atoms with Crippen molar-refractivity contribution in [2.45, 2.75) is 24.4 Å². The summed E-state index contributed by atoms with van der Waals surface area (Å²) >= 11 is 0. The molecule has 252 valence electrons. The Balaban J connectivity index is 1.16. The third-order valence-corrected chi connectivity index (χ3v) is 8.60. The first-order chi connectivity index (χ1) is 24.5. The number of carbonyl (C=O) groups is 1. The summed E-state index contributed by atoms with van der Waals surface area (Å²) in [7, 11) is 3.24. The van der Waals surface area contributed by atoms with Gasteiger partial charge in [0.2, 0.25) is 5.91 Å². The lowest BCUT2D eigenvalue weighted by atomic mass is 9.80. The molecule has 2 atom stereocenters. The van der Waals surface area contributed by atoms with Crippen molar-refractivity contribution >= 4 is 22.9 Å². The Morgan fingerprint density at radius 1 is 0.820 bits per heavy atom. The zero-order valence-corrected chi connectivity index (χ0v) is 27.4. The van der Waals surface area contributed by atoms with Gasteiger partial charge in [-0.25, -0.2) is 19.3 Å². The molecule has 0 radical (unpaired) electrons. The lowest BCUT2D eigenvalue weighted by Gasteiger charge is -2.36. The van der Waals surface area contributed by atoms with Crippen LogP contribution in [0.2, 0.25) is 0 Å².